The lowest BCUT2D eigenvalue weighted by atomic mass is 10.1. The first kappa shape index (κ1) is 10.8. The molecule has 1 aliphatic rings. The summed E-state index contributed by atoms with van der Waals surface area (Å²) in [6.45, 7) is 5.10. The topological polar surface area (TPSA) is 42.4 Å². The Morgan fingerprint density at radius 2 is 2.24 bits per heavy atom. The fourth-order valence-electron chi connectivity index (χ4n) is 2.65. The van der Waals surface area contributed by atoms with Gasteiger partial charge in [-0.1, -0.05) is 18.2 Å². The van der Waals surface area contributed by atoms with Gasteiger partial charge in [-0.05, 0) is 19.4 Å². The highest BCUT2D eigenvalue weighted by molar-refractivity contribution is 5.82. The van der Waals surface area contributed by atoms with E-state index in [0.717, 1.165) is 37.4 Å². The summed E-state index contributed by atoms with van der Waals surface area (Å²) in [4.78, 5) is 2.41. The van der Waals surface area contributed by atoms with Gasteiger partial charge < -0.3 is 10.2 Å². The van der Waals surface area contributed by atoms with Crippen molar-refractivity contribution < 1.29 is 4.42 Å². The molecule has 1 saturated heterocycles. The quantitative estimate of drug-likeness (QED) is 0.860. The molecule has 3 heteroatoms. The van der Waals surface area contributed by atoms with Crippen LogP contribution in [-0.4, -0.2) is 24.0 Å². The number of aryl methyl sites for hydroxylation is 1. The van der Waals surface area contributed by atoms with Gasteiger partial charge >= 0.3 is 0 Å². The molecular formula is C14H18N2O. The molecule has 0 aliphatic carbocycles. The van der Waals surface area contributed by atoms with Crippen LogP contribution in [0, 0.1) is 6.92 Å². The lowest BCUT2D eigenvalue weighted by molar-refractivity contribution is 0.325. The summed E-state index contributed by atoms with van der Waals surface area (Å²) in [5.41, 5.74) is 8.24. The summed E-state index contributed by atoms with van der Waals surface area (Å²) >= 11 is 0. The van der Waals surface area contributed by atoms with Crippen LogP contribution >= 0.6 is 0 Å². The highest BCUT2D eigenvalue weighted by Gasteiger charge is 2.21. The molecule has 17 heavy (non-hydrogen) atoms. The number of nitrogens with zero attached hydrogens (tertiary/aromatic N) is 1. The fraction of sp³-hybridized carbons (Fsp3) is 0.429. The van der Waals surface area contributed by atoms with Gasteiger partial charge in [0.15, 0.2) is 0 Å². The number of benzene rings is 1. The number of para-hydroxylation sites is 1. The molecule has 0 amide bonds. The highest BCUT2D eigenvalue weighted by atomic mass is 16.3. The van der Waals surface area contributed by atoms with Crippen LogP contribution in [0.25, 0.3) is 11.0 Å². The Morgan fingerprint density at radius 1 is 1.41 bits per heavy atom. The summed E-state index contributed by atoms with van der Waals surface area (Å²) in [6.07, 6.45) is 1.11. The van der Waals surface area contributed by atoms with Crippen LogP contribution in [0.3, 0.4) is 0 Å². The van der Waals surface area contributed by atoms with Crippen LogP contribution in [0.15, 0.2) is 28.7 Å². The Hall–Kier alpha value is -1.32. The summed E-state index contributed by atoms with van der Waals surface area (Å²) < 4.78 is 5.78. The van der Waals surface area contributed by atoms with E-state index in [1.807, 2.05) is 19.1 Å². The summed E-state index contributed by atoms with van der Waals surface area (Å²) in [5, 5.41) is 1.24. The van der Waals surface area contributed by atoms with Crippen LogP contribution in [0.2, 0.25) is 0 Å². The minimum Gasteiger partial charge on any atom is -0.461 e. The van der Waals surface area contributed by atoms with Gasteiger partial charge in [-0.15, -0.1) is 0 Å². The number of fused-ring (bicyclic) bond motifs is 1. The van der Waals surface area contributed by atoms with E-state index < -0.39 is 0 Å². The molecule has 90 valence electrons. The largest absolute Gasteiger partial charge is 0.461 e. The predicted molar refractivity (Wildman–Crippen MR) is 68.8 cm³/mol. The molecule has 1 aromatic heterocycles. The minimum atomic E-state index is 0.341. The van der Waals surface area contributed by atoms with Crippen molar-refractivity contribution in [2.75, 3.05) is 13.1 Å². The second kappa shape index (κ2) is 4.17. The first-order valence-electron chi connectivity index (χ1n) is 6.19. The number of nitrogens with two attached hydrogens (primary N) is 1. The Morgan fingerprint density at radius 3 is 3.00 bits per heavy atom. The van der Waals surface area contributed by atoms with E-state index in [9.17, 15) is 0 Å². The molecule has 0 spiro atoms. The maximum atomic E-state index is 5.94. The van der Waals surface area contributed by atoms with Crippen LogP contribution < -0.4 is 5.73 Å². The average Bonchev–Trinajstić information content (AvgIpc) is 2.85. The minimum absolute atomic E-state index is 0.341. The van der Waals surface area contributed by atoms with Gasteiger partial charge in [-0.25, -0.2) is 0 Å². The normalized spacial score (nSPS) is 21.4. The van der Waals surface area contributed by atoms with Crippen molar-refractivity contribution in [1.29, 1.82) is 0 Å². The van der Waals surface area contributed by atoms with Crippen LogP contribution in [0.1, 0.15) is 17.7 Å². The lowest BCUT2D eigenvalue weighted by Gasteiger charge is -2.14. The summed E-state index contributed by atoms with van der Waals surface area (Å²) in [5.74, 6) is 1.03. The van der Waals surface area contributed by atoms with Gasteiger partial charge in [0.05, 0.1) is 0 Å². The number of rotatable bonds is 2. The van der Waals surface area contributed by atoms with Crippen molar-refractivity contribution in [3.8, 4) is 0 Å². The number of likely N-dealkylation sites (tertiary alicyclic amines) is 1. The molecule has 1 fully saturated rings. The van der Waals surface area contributed by atoms with Crippen LogP contribution in [-0.2, 0) is 6.54 Å². The van der Waals surface area contributed by atoms with E-state index in [2.05, 4.69) is 17.0 Å². The lowest BCUT2D eigenvalue weighted by Crippen LogP contribution is -2.26. The molecular weight excluding hydrogens is 212 g/mol. The number of furan rings is 1. The third-order valence-electron chi connectivity index (χ3n) is 3.59. The van der Waals surface area contributed by atoms with Crippen molar-refractivity contribution in [2.24, 2.45) is 5.73 Å². The van der Waals surface area contributed by atoms with Gasteiger partial charge in [-0.2, -0.15) is 0 Å². The number of hydrogen-bond donors (Lipinski definition) is 1. The maximum absolute atomic E-state index is 5.94. The van der Waals surface area contributed by atoms with E-state index in [0.29, 0.717) is 6.04 Å². The van der Waals surface area contributed by atoms with Gasteiger partial charge in [0, 0.05) is 36.6 Å². The Balaban J connectivity index is 1.91. The zero-order valence-corrected chi connectivity index (χ0v) is 10.1. The molecule has 2 heterocycles. The van der Waals surface area contributed by atoms with Gasteiger partial charge in [0.2, 0.25) is 0 Å². The van der Waals surface area contributed by atoms with E-state index >= 15 is 0 Å². The highest BCUT2D eigenvalue weighted by Crippen LogP contribution is 2.27. The molecule has 3 rings (SSSR count). The van der Waals surface area contributed by atoms with Crippen LogP contribution in [0.4, 0.5) is 0 Å². The third-order valence-corrected chi connectivity index (χ3v) is 3.59. The van der Waals surface area contributed by atoms with Gasteiger partial charge in [0.25, 0.3) is 0 Å². The molecule has 2 aromatic rings. The van der Waals surface area contributed by atoms with Crippen molar-refractivity contribution >= 4 is 11.0 Å². The van der Waals surface area contributed by atoms with Crippen molar-refractivity contribution in [2.45, 2.75) is 25.9 Å². The van der Waals surface area contributed by atoms with Crippen molar-refractivity contribution in [3.63, 3.8) is 0 Å². The van der Waals surface area contributed by atoms with Gasteiger partial charge in [0.1, 0.15) is 11.3 Å². The summed E-state index contributed by atoms with van der Waals surface area (Å²) in [7, 11) is 0. The summed E-state index contributed by atoms with van der Waals surface area (Å²) in [6, 6.07) is 8.59. The third kappa shape index (κ3) is 1.96. The maximum Gasteiger partial charge on any atom is 0.134 e. The Bertz CT molecular complexity index is 532. The first-order chi connectivity index (χ1) is 8.24. The van der Waals surface area contributed by atoms with Crippen molar-refractivity contribution in [1.82, 2.24) is 4.90 Å². The predicted octanol–water partition coefficient (Wildman–Crippen LogP) is 2.27. The van der Waals surface area contributed by atoms with Gasteiger partial charge in [-0.3, -0.25) is 4.90 Å². The molecule has 0 radical (unpaired) electrons. The zero-order valence-electron chi connectivity index (χ0n) is 10.1. The van der Waals surface area contributed by atoms with E-state index in [1.54, 1.807) is 0 Å². The Kier molecular flexibility index (Phi) is 2.65. The van der Waals surface area contributed by atoms with E-state index in [-0.39, 0.29) is 0 Å². The van der Waals surface area contributed by atoms with Crippen molar-refractivity contribution in [3.05, 3.63) is 35.6 Å². The smallest absolute Gasteiger partial charge is 0.134 e. The molecule has 1 atom stereocenters. The molecule has 0 saturated carbocycles. The molecule has 1 aliphatic heterocycles. The molecule has 1 aromatic carbocycles. The molecule has 1 unspecified atom stereocenters. The SMILES string of the molecule is Cc1oc2ccccc2c1CN1CCC(N)C1. The Labute approximate surface area is 101 Å². The second-order valence-corrected chi connectivity index (χ2v) is 4.92. The first-order valence-corrected chi connectivity index (χ1v) is 6.19. The molecule has 0 bridgehead atoms. The monoisotopic (exact) mass is 230 g/mol. The fourth-order valence-corrected chi connectivity index (χ4v) is 2.65. The average molecular weight is 230 g/mol. The van der Waals surface area contributed by atoms with E-state index in [1.165, 1.54) is 10.9 Å². The molecule has 2 N–H and O–H groups in total. The molecule has 3 nitrogen and oxygen atoms in total. The van der Waals surface area contributed by atoms with E-state index in [4.69, 9.17) is 10.2 Å². The van der Waals surface area contributed by atoms with Crippen LogP contribution in [0.5, 0.6) is 0 Å². The standard InChI is InChI=1S/C14H18N2O/c1-10-13(9-16-7-6-11(15)8-16)12-4-2-3-5-14(12)17-10/h2-5,11H,6-9,15H2,1H3. The zero-order chi connectivity index (χ0) is 11.8. The second-order valence-electron chi connectivity index (χ2n) is 4.92. The number of hydrogen-bond acceptors (Lipinski definition) is 3.